The van der Waals surface area contributed by atoms with Gasteiger partial charge < -0.3 is 5.32 Å². The molecule has 3 aromatic carbocycles. The third-order valence-electron chi connectivity index (χ3n) is 5.93. The first-order valence-electron chi connectivity index (χ1n) is 11.7. The van der Waals surface area contributed by atoms with Crippen LogP contribution in [0, 0.1) is 0 Å². The molecular formula is C28H24N4O3S. The summed E-state index contributed by atoms with van der Waals surface area (Å²) in [5, 5.41) is 3.29. The van der Waals surface area contributed by atoms with Crippen molar-refractivity contribution in [2.75, 3.05) is 12.3 Å². The van der Waals surface area contributed by atoms with Gasteiger partial charge in [0, 0.05) is 17.7 Å². The van der Waals surface area contributed by atoms with Crippen molar-refractivity contribution in [3.05, 3.63) is 102 Å². The van der Waals surface area contributed by atoms with Crippen molar-refractivity contribution in [3.63, 3.8) is 0 Å². The Kier molecular flexibility index (Phi) is 7.04. The summed E-state index contributed by atoms with van der Waals surface area (Å²) < 4.78 is 0. The fraction of sp³-hybridized carbons (Fsp3) is 0.179. The Bertz CT molecular complexity index is 1360. The smallest absolute Gasteiger partial charge is 0.259 e. The lowest BCUT2D eigenvalue weighted by atomic mass is 10.1. The average molecular weight is 497 g/mol. The molecule has 0 spiro atoms. The molecule has 2 amide bonds. The molecule has 1 N–H and O–H groups in total. The number of hydrogen-bond donors (Lipinski definition) is 1. The van der Waals surface area contributed by atoms with E-state index in [2.05, 4.69) is 15.3 Å². The highest BCUT2D eigenvalue weighted by molar-refractivity contribution is 8.14. The van der Waals surface area contributed by atoms with Gasteiger partial charge in [-0.1, -0.05) is 84.6 Å². The molecule has 0 saturated heterocycles. The number of carbonyl (C=O) groups is 3. The van der Waals surface area contributed by atoms with Gasteiger partial charge in [-0.15, -0.1) is 0 Å². The zero-order valence-electron chi connectivity index (χ0n) is 19.5. The van der Waals surface area contributed by atoms with Crippen LogP contribution in [0.3, 0.4) is 0 Å². The molecule has 8 heteroatoms. The van der Waals surface area contributed by atoms with Crippen LogP contribution in [0.25, 0.3) is 0 Å². The highest BCUT2D eigenvalue weighted by atomic mass is 32.2. The van der Waals surface area contributed by atoms with Gasteiger partial charge in [-0.3, -0.25) is 19.4 Å². The first-order chi connectivity index (χ1) is 17.6. The zero-order valence-corrected chi connectivity index (χ0v) is 20.3. The van der Waals surface area contributed by atoms with Crippen LogP contribution in [0.2, 0.25) is 0 Å². The van der Waals surface area contributed by atoms with E-state index < -0.39 is 6.04 Å². The molecule has 2 aliphatic heterocycles. The summed E-state index contributed by atoms with van der Waals surface area (Å²) in [5.41, 5.74) is 3.15. The monoisotopic (exact) mass is 496 g/mol. The van der Waals surface area contributed by atoms with Crippen molar-refractivity contribution in [3.8, 4) is 0 Å². The second kappa shape index (κ2) is 10.7. The van der Waals surface area contributed by atoms with Crippen molar-refractivity contribution in [2.45, 2.75) is 18.9 Å². The minimum Gasteiger partial charge on any atom is -0.356 e. The Labute approximate surface area is 213 Å². The molecule has 2 heterocycles. The van der Waals surface area contributed by atoms with Crippen LogP contribution in [-0.2, 0) is 16.0 Å². The van der Waals surface area contributed by atoms with Crippen LogP contribution in [0.15, 0.2) is 94.9 Å². The second-order valence-electron chi connectivity index (χ2n) is 8.42. The molecule has 36 heavy (non-hydrogen) atoms. The van der Waals surface area contributed by atoms with E-state index in [9.17, 15) is 14.4 Å². The first kappa shape index (κ1) is 23.7. The lowest BCUT2D eigenvalue weighted by Crippen LogP contribution is -2.42. The van der Waals surface area contributed by atoms with E-state index in [0.29, 0.717) is 35.2 Å². The van der Waals surface area contributed by atoms with Gasteiger partial charge in [0.1, 0.15) is 11.9 Å². The molecule has 0 bridgehead atoms. The number of benzene rings is 3. The summed E-state index contributed by atoms with van der Waals surface area (Å²) in [6.45, 7) is 0.483. The predicted octanol–water partition coefficient (Wildman–Crippen LogP) is 4.01. The van der Waals surface area contributed by atoms with E-state index >= 15 is 0 Å². The van der Waals surface area contributed by atoms with Crippen molar-refractivity contribution in [1.29, 1.82) is 0 Å². The minimum absolute atomic E-state index is 0.0450. The number of fused-ring (bicyclic) bond motifs is 3. The maximum Gasteiger partial charge on any atom is 0.259 e. The largest absolute Gasteiger partial charge is 0.356 e. The molecule has 0 radical (unpaired) electrons. The third-order valence-corrected chi connectivity index (χ3v) is 6.87. The molecule has 0 saturated carbocycles. The lowest BCUT2D eigenvalue weighted by molar-refractivity contribution is -0.128. The standard InChI is InChI=1S/C28H24N4O3S/c33-24(20-11-5-2-6-12-20)18-36-28-31-22-14-8-7-13-21(22)26-30-23(27(35)32(26)28)17-25(34)29-16-15-19-9-3-1-4-10-19/h1-14,23H,15-18H2,(H,29,34). The molecular weight excluding hydrogens is 472 g/mol. The molecule has 0 fully saturated rings. The number of aliphatic imine (C=N–C) groups is 2. The number of hydrogen-bond acceptors (Lipinski definition) is 6. The third kappa shape index (κ3) is 5.13. The second-order valence-corrected chi connectivity index (χ2v) is 9.36. The number of rotatable bonds is 8. The molecule has 0 aliphatic carbocycles. The fourth-order valence-corrected chi connectivity index (χ4v) is 5.00. The average Bonchev–Trinajstić information content (AvgIpc) is 3.24. The van der Waals surface area contributed by atoms with Crippen LogP contribution >= 0.6 is 11.8 Å². The molecule has 3 aromatic rings. The number of nitrogens with zero attached hydrogens (tertiary/aromatic N) is 3. The number of Topliss-reactive ketones (excluding diaryl/α,β-unsaturated/α-hetero) is 1. The van der Waals surface area contributed by atoms with Crippen molar-refractivity contribution in [1.82, 2.24) is 10.2 Å². The summed E-state index contributed by atoms with van der Waals surface area (Å²) in [6, 6.07) is 25.5. The van der Waals surface area contributed by atoms with Gasteiger partial charge >= 0.3 is 0 Å². The van der Waals surface area contributed by atoms with Gasteiger partial charge in [-0.25, -0.2) is 9.89 Å². The molecule has 0 aromatic heterocycles. The first-order valence-corrected chi connectivity index (χ1v) is 12.7. The summed E-state index contributed by atoms with van der Waals surface area (Å²) >= 11 is 1.20. The van der Waals surface area contributed by atoms with E-state index in [1.165, 1.54) is 16.7 Å². The topological polar surface area (TPSA) is 91.2 Å². The summed E-state index contributed by atoms with van der Waals surface area (Å²) in [4.78, 5) is 49.4. The maximum absolute atomic E-state index is 13.4. The number of ketones is 1. The van der Waals surface area contributed by atoms with Crippen LogP contribution in [-0.4, -0.2) is 51.8 Å². The van der Waals surface area contributed by atoms with E-state index in [-0.39, 0.29) is 29.8 Å². The molecule has 5 rings (SSSR count). The van der Waals surface area contributed by atoms with E-state index in [4.69, 9.17) is 0 Å². The van der Waals surface area contributed by atoms with Crippen LogP contribution in [0.1, 0.15) is 27.9 Å². The Morgan fingerprint density at radius 1 is 0.917 bits per heavy atom. The summed E-state index contributed by atoms with van der Waals surface area (Å²) in [5.74, 6) is 0.0134. The SMILES string of the molecule is O=C(CC1N=C2c3ccccc3N=C(SCC(=O)c3ccccc3)N2C1=O)NCCc1ccccc1. The van der Waals surface area contributed by atoms with Crippen molar-refractivity contribution < 1.29 is 14.4 Å². The summed E-state index contributed by atoms with van der Waals surface area (Å²) in [7, 11) is 0. The van der Waals surface area contributed by atoms with Gasteiger partial charge in [-0.2, -0.15) is 0 Å². The molecule has 7 nitrogen and oxygen atoms in total. The van der Waals surface area contributed by atoms with E-state index in [0.717, 1.165) is 11.1 Å². The Morgan fingerprint density at radius 3 is 2.39 bits per heavy atom. The maximum atomic E-state index is 13.4. The number of amides is 2. The van der Waals surface area contributed by atoms with E-state index in [1.54, 1.807) is 12.1 Å². The zero-order chi connectivity index (χ0) is 24.9. The van der Waals surface area contributed by atoms with Crippen LogP contribution in [0.4, 0.5) is 5.69 Å². The van der Waals surface area contributed by atoms with Gasteiger partial charge in [0.25, 0.3) is 5.91 Å². The highest BCUT2D eigenvalue weighted by Gasteiger charge is 2.42. The number of carbonyl (C=O) groups excluding carboxylic acids is 3. The quantitative estimate of drug-likeness (QED) is 0.477. The number of nitrogens with one attached hydrogen (secondary N) is 1. The molecule has 1 atom stereocenters. The number of thioether (sulfide) groups is 1. The normalized spacial score (nSPS) is 16.1. The van der Waals surface area contributed by atoms with E-state index in [1.807, 2.05) is 72.8 Å². The Balaban J connectivity index is 1.28. The fourth-order valence-electron chi connectivity index (χ4n) is 4.11. The summed E-state index contributed by atoms with van der Waals surface area (Å²) in [6.07, 6.45) is 0.665. The molecule has 2 aliphatic rings. The predicted molar refractivity (Wildman–Crippen MR) is 142 cm³/mol. The number of amidine groups is 2. The Morgan fingerprint density at radius 2 is 1.61 bits per heavy atom. The van der Waals surface area contributed by atoms with Gasteiger partial charge in [0.05, 0.1) is 17.9 Å². The van der Waals surface area contributed by atoms with Gasteiger partial charge in [-0.05, 0) is 24.1 Å². The van der Waals surface area contributed by atoms with Crippen molar-refractivity contribution in [2.24, 2.45) is 9.98 Å². The molecule has 180 valence electrons. The lowest BCUT2D eigenvalue weighted by Gasteiger charge is -2.25. The minimum atomic E-state index is -0.835. The van der Waals surface area contributed by atoms with Gasteiger partial charge in [0.2, 0.25) is 5.91 Å². The van der Waals surface area contributed by atoms with Crippen LogP contribution < -0.4 is 5.32 Å². The Hall–Kier alpha value is -4.04. The van der Waals surface area contributed by atoms with Crippen LogP contribution in [0.5, 0.6) is 0 Å². The molecule has 1 unspecified atom stereocenters. The highest BCUT2D eigenvalue weighted by Crippen LogP contribution is 2.34. The van der Waals surface area contributed by atoms with Gasteiger partial charge in [0.15, 0.2) is 11.0 Å². The number of para-hydroxylation sites is 1. The van der Waals surface area contributed by atoms with Crippen molar-refractivity contribution >= 4 is 46.1 Å².